The largest absolute Gasteiger partial charge is 0.480 e. The fraction of sp³-hybridized carbons (Fsp3) is 0.375. The molecule has 1 aliphatic rings. The summed E-state index contributed by atoms with van der Waals surface area (Å²) in [6.45, 7) is 6.46. The van der Waals surface area contributed by atoms with Crippen molar-refractivity contribution in [1.29, 1.82) is 5.26 Å². The maximum Gasteiger partial charge on any atom is 0.232 e. The number of hydrogen-bond donors (Lipinski definition) is 1. The van der Waals surface area contributed by atoms with Crippen LogP contribution in [0, 0.1) is 17.1 Å². The molecule has 0 radical (unpaired) electrons. The third kappa shape index (κ3) is 5.52. The van der Waals surface area contributed by atoms with Crippen LogP contribution >= 0.6 is 11.8 Å². The Morgan fingerprint density at radius 3 is 2.81 bits per heavy atom. The minimum absolute atomic E-state index is 0.0339. The molecule has 5 nitrogen and oxygen atoms in total. The van der Waals surface area contributed by atoms with Crippen LogP contribution in [0.5, 0.6) is 5.88 Å². The van der Waals surface area contributed by atoms with E-state index in [1.165, 1.54) is 12.1 Å². The van der Waals surface area contributed by atoms with E-state index in [0.29, 0.717) is 18.0 Å². The minimum atomic E-state index is -0.523. The average Bonchev–Trinajstić information content (AvgIpc) is 3.23. The van der Waals surface area contributed by atoms with E-state index in [4.69, 9.17) is 15.7 Å². The molecule has 7 heteroatoms. The molecular weight excluding hydrogens is 411 g/mol. The van der Waals surface area contributed by atoms with Crippen molar-refractivity contribution < 1.29 is 9.13 Å². The van der Waals surface area contributed by atoms with Crippen molar-refractivity contribution >= 4 is 22.2 Å². The van der Waals surface area contributed by atoms with Crippen LogP contribution in [-0.4, -0.2) is 28.4 Å². The highest BCUT2D eigenvalue weighted by molar-refractivity contribution is 8.09. The number of methoxy groups -OCH3 is 1. The number of nitrogens with two attached hydrogens (primary N) is 1. The van der Waals surface area contributed by atoms with E-state index in [9.17, 15) is 4.39 Å². The zero-order valence-electron chi connectivity index (χ0n) is 17.9. The van der Waals surface area contributed by atoms with Gasteiger partial charge in [-0.1, -0.05) is 31.6 Å². The normalized spacial score (nSPS) is 16.8. The number of aromatic nitrogens is 2. The minimum Gasteiger partial charge on any atom is -0.480 e. The van der Waals surface area contributed by atoms with Gasteiger partial charge in [-0.05, 0) is 49.0 Å². The third-order valence-corrected chi connectivity index (χ3v) is 6.86. The molecule has 0 bridgehead atoms. The summed E-state index contributed by atoms with van der Waals surface area (Å²) in [5.41, 5.74) is 9.78. The molecule has 0 aliphatic carbocycles. The van der Waals surface area contributed by atoms with Crippen molar-refractivity contribution in [3.63, 3.8) is 0 Å². The monoisotopic (exact) mass is 438 g/mol. The van der Waals surface area contributed by atoms with Crippen LogP contribution < -0.4 is 10.5 Å². The number of thioether (sulfide) groups is 1. The molecule has 31 heavy (non-hydrogen) atoms. The SMILES string of the molecule is C=C(CCC(N)CCC)C1CC(c2ccc(C#N)c(F)c2)=C(c2cnc(OC)cn2)S1. The predicted octanol–water partition coefficient (Wildman–Crippen LogP) is 5.33. The first-order chi connectivity index (χ1) is 15.0. The number of nitriles is 1. The predicted molar refractivity (Wildman–Crippen MR) is 124 cm³/mol. The molecule has 0 saturated heterocycles. The number of rotatable bonds is 9. The van der Waals surface area contributed by atoms with Crippen LogP contribution in [0.1, 0.15) is 55.8 Å². The van der Waals surface area contributed by atoms with E-state index >= 15 is 0 Å². The summed E-state index contributed by atoms with van der Waals surface area (Å²) < 4.78 is 19.5. The molecule has 1 aliphatic heterocycles. The zero-order chi connectivity index (χ0) is 22.4. The molecule has 2 aromatic rings. The van der Waals surface area contributed by atoms with Gasteiger partial charge in [0.1, 0.15) is 11.9 Å². The first-order valence-electron chi connectivity index (χ1n) is 10.4. The summed E-state index contributed by atoms with van der Waals surface area (Å²) in [5, 5.41) is 9.21. The van der Waals surface area contributed by atoms with Crippen LogP contribution in [-0.2, 0) is 0 Å². The highest BCUT2D eigenvalue weighted by Crippen LogP contribution is 2.50. The molecule has 0 saturated carbocycles. The number of benzene rings is 1. The van der Waals surface area contributed by atoms with Crippen molar-refractivity contribution in [2.24, 2.45) is 5.73 Å². The topological polar surface area (TPSA) is 84.8 Å². The van der Waals surface area contributed by atoms with E-state index < -0.39 is 5.82 Å². The summed E-state index contributed by atoms with van der Waals surface area (Å²) in [4.78, 5) is 9.72. The van der Waals surface area contributed by atoms with E-state index in [0.717, 1.165) is 47.3 Å². The van der Waals surface area contributed by atoms with Crippen molar-refractivity contribution in [3.8, 4) is 11.9 Å². The van der Waals surface area contributed by atoms with E-state index in [2.05, 4.69) is 23.5 Å². The zero-order valence-corrected chi connectivity index (χ0v) is 18.7. The molecule has 2 atom stereocenters. The molecule has 162 valence electrons. The van der Waals surface area contributed by atoms with Gasteiger partial charge in [0.15, 0.2) is 0 Å². The second kappa shape index (κ2) is 10.6. The summed E-state index contributed by atoms with van der Waals surface area (Å²) in [6.07, 6.45) is 7.79. The van der Waals surface area contributed by atoms with Crippen LogP contribution in [0.15, 0.2) is 42.7 Å². The van der Waals surface area contributed by atoms with Crippen LogP contribution in [0.4, 0.5) is 4.39 Å². The number of ether oxygens (including phenoxy) is 1. The van der Waals surface area contributed by atoms with E-state index in [1.807, 2.05) is 6.07 Å². The Balaban J connectivity index is 1.89. The molecule has 1 aromatic heterocycles. The summed E-state index contributed by atoms with van der Waals surface area (Å²) in [7, 11) is 1.54. The quantitative estimate of drug-likeness (QED) is 0.533. The Kier molecular flexibility index (Phi) is 7.83. The van der Waals surface area contributed by atoms with E-state index in [1.54, 1.807) is 37.3 Å². The molecule has 2 unspecified atom stereocenters. The van der Waals surface area contributed by atoms with Crippen molar-refractivity contribution in [1.82, 2.24) is 9.97 Å². The van der Waals surface area contributed by atoms with Gasteiger partial charge in [-0.25, -0.2) is 14.4 Å². The summed E-state index contributed by atoms with van der Waals surface area (Å²) in [6, 6.07) is 6.79. The van der Waals surface area contributed by atoms with Gasteiger partial charge in [0, 0.05) is 16.2 Å². The standard InChI is InChI=1S/C24H27FN4OS/c1-4-5-18(27)9-6-15(2)22-11-19(16-7-8-17(12-26)20(25)10-16)24(31-22)21-13-29-23(30-3)14-28-21/h7-8,10,13-14,18,22H,2,4-6,9,11,27H2,1,3H3. The summed E-state index contributed by atoms with van der Waals surface area (Å²) in [5.74, 6) is -0.0883. The molecular formula is C24H27FN4OS. The highest BCUT2D eigenvalue weighted by atomic mass is 32.2. The smallest absolute Gasteiger partial charge is 0.232 e. The van der Waals surface area contributed by atoms with Crippen LogP contribution in [0.3, 0.4) is 0 Å². The lowest BCUT2D eigenvalue weighted by molar-refractivity contribution is 0.395. The Morgan fingerprint density at radius 1 is 1.39 bits per heavy atom. The van der Waals surface area contributed by atoms with E-state index in [-0.39, 0.29) is 16.9 Å². The van der Waals surface area contributed by atoms with Gasteiger partial charge in [0.05, 0.1) is 30.8 Å². The molecule has 2 N–H and O–H groups in total. The maximum absolute atomic E-state index is 14.3. The van der Waals surface area contributed by atoms with Gasteiger partial charge in [0.25, 0.3) is 0 Å². The van der Waals surface area contributed by atoms with Crippen molar-refractivity contribution in [3.05, 3.63) is 65.4 Å². The van der Waals surface area contributed by atoms with Gasteiger partial charge < -0.3 is 10.5 Å². The van der Waals surface area contributed by atoms with Crippen molar-refractivity contribution in [2.45, 2.75) is 50.3 Å². The molecule has 0 fully saturated rings. The van der Waals surface area contributed by atoms with Crippen LogP contribution in [0.25, 0.3) is 10.5 Å². The Morgan fingerprint density at radius 2 is 2.19 bits per heavy atom. The molecule has 3 rings (SSSR count). The third-order valence-electron chi connectivity index (χ3n) is 5.38. The lowest BCUT2D eigenvalue weighted by atomic mass is 9.94. The summed E-state index contributed by atoms with van der Waals surface area (Å²) >= 11 is 1.68. The van der Waals surface area contributed by atoms with Gasteiger partial charge in [0.2, 0.25) is 5.88 Å². The lowest BCUT2D eigenvalue weighted by Crippen LogP contribution is -2.20. The Labute approximate surface area is 187 Å². The van der Waals surface area contributed by atoms with Gasteiger partial charge in [-0.3, -0.25) is 0 Å². The highest BCUT2D eigenvalue weighted by Gasteiger charge is 2.30. The Hall–Kier alpha value is -2.69. The molecule has 0 amide bonds. The molecule has 1 aromatic carbocycles. The van der Waals surface area contributed by atoms with Crippen LogP contribution in [0.2, 0.25) is 0 Å². The molecule has 0 spiro atoms. The van der Waals surface area contributed by atoms with Gasteiger partial charge in [-0.15, -0.1) is 11.8 Å². The lowest BCUT2D eigenvalue weighted by Gasteiger charge is -2.16. The number of halogens is 1. The first-order valence-corrected chi connectivity index (χ1v) is 11.2. The fourth-order valence-corrected chi connectivity index (χ4v) is 4.99. The Bertz CT molecular complexity index is 1010. The van der Waals surface area contributed by atoms with Gasteiger partial charge in [-0.2, -0.15) is 5.26 Å². The van der Waals surface area contributed by atoms with Crippen molar-refractivity contribution in [2.75, 3.05) is 7.11 Å². The second-order valence-electron chi connectivity index (χ2n) is 7.61. The fourth-order valence-electron chi connectivity index (χ4n) is 3.60. The number of hydrogen-bond acceptors (Lipinski definition) is 6. The average molecular weight is 439 g/mol. The first kappa shape index (κ1) is 23.0. The number of nitrogens with zero attached hydrogens (tertiary/aromatic N) is 3. The second-order valence-corrected chi connectivity index (χ2v) is 8.83. The molecule has 2 heterocycles. The number of allylic oxidation sites excluding steroid dienone is 1. The maximum atomic E-state index is 14.3. The van der Waals surface area contributed by atoms with Gasteiger partial charge >= 0.3 is 0 Å².